The maximum atomic E-state index is 13.8. The smallest absolute Gasteiger partial charge is 0.270 e. The van der Waals surface area contributed by atoms with Gasteiger partial charge in [0.1, 0.15) is 22.4 Å². The largest absolute Gasteiger partial charge is 0.391 e. The normalized spacial score (nSPS) is 18.7. The van der Waals surface area contributed by atoms with Gasteiger partial charge in [-0.3, -0.25) is 14.4 Å². The molecule has 9 nitrogen and oxygen atoms in total. The molecule has 1 aliphatic rings. The molecule has 40 heavy (non-hydrogen) atoms. The van der Waals surface area contributed by atoms with Gasteiger partial charge in [0.25, 0.3) is 5.91 Å². The van der Waals surface area contributed by atoms with E-state index in [4.69, 9.17) is 0 Å². The third kappa shape index (κ3) is 6.76. The summed E-state index contributed by atoms with van der Waals surface area (Å²) in [6.07, 6.45) is -0.730. The zero-order valence-electron chi connectivity index (χ0n) is 23.1. The lowest BCUT2D eigenvalue weighted by molar-refractivity contribution is -0.142. The topological polar surface area (TPSA) is 125 Å². The Hall–Kier alpha value is -3.15. The summed E-state index contributed by atoms with van der Waals surface area (Å²) in [5, 5.41) is 16.3. The van der Waals surface area contributed by atoms with Crippen molar-refractivity contribution in [2.75, 3.05) is 6.54 Å². The fraction of sp³-hybridized carbons (Fsp3) is 0.414. The number of likely N-dealkylation sites (tertiary alicyclic amines) is 1. The highest BCUT2D eigenvalue weighted by atomic mass is 79.9. The minimum atomic E-state index is -0.943. The van der Waals surface area contributed by atoms with Gasteiger partial charge >= 0.3 is 0 Å². The van der Waals surface area contributed by atoms with Crippen LogP contribution < -0.4 is 10.6 Å². The van der Waals surface area contributed by atoms with Crippen molar-refractivity contribution in [1.29, 1.82) is 0 Å². The van der Waals surface area contributed by atoms with E-state index in [0.717, 1.165) is 21.7 Å². The minimum Gasteiger partial charge on any atom is -0.391 e. The second-order valence-corrected chi connectivity index (χ2v) is 12.8. The average molecular weight is 629 g/mol. The number of carbonyl (C=O) groups excluding carboxylic acids is 3. The van der Waals surface area contributed by atoms with Gasteiger partial charge in [0.05, 0.1) is 28.2 Å². The molecule has 1 saturated heterocycles. The molecule has 0 spiro atoms. The molecule has 4 atom stereocenters. The number of aliphatic hydroxyl groups excluding tert-OH is 1. The summed E-state index contributed by atoms with van der Waals surface area (Å²) in [4.78, 5) is 51.2. The van der Waals surface area contributed by atoms with E-state index in [1.807, 2.05) is 64.4 Å². The quantitative estimate of drug-likeness (QED) is 0.336. The Morgan fingerprint density at radius 1 is 1.12 bits per heavy atom. The van der Waals surface area contributed by atoms with Crippen LogP contribution in [0, 0.1) is 12.3 Å². The van der Waals surface area contributed by atoms with Crippen molar-refractivity contribution in [3.8, 4) is 10.4 Å². The summed E-state index contributed by atoms with van der Waals surface area (Å²) in [7, 11) is 0. The number of aliphatic hydroxyl groups is 1. The Kier molecular flexibility index (Phi) is 9.06. The van der Waals surface area contributed by atoms with Gasteiger partial charge in [-0.1, -0.05) is 51.1 Å². The zero-order chi connectivity index (χ0) is 29.2. The van der Waals surface area contributed by atoms with Crippen molar-refractivity contribution in [3.63, 3.8) is 0 Å². The molecule has 0 radical (unpaired) electrons. The Morgan fingerprint density at radius 3 is 2.42 bits per heavy atom. The molecule has 0 aliphatic carbocycles. The SMILES string of the molecule is Cc1ncsc1-c1ccc([C@H](C)NC(=O)[C@@H]2C[C@@H](O)CN2C(=O)[C@@H](NC(=O)c2cccc(Br)n2)C(C)(C)C)cc1. The van der Waals surface area contributed by atoms with E-state index < -0.39 is 35.4 Å². The van der Waals surface area contributed by atoms with Crippen LogP contribution in [-0.2, 0) is 9.59 Å². The number of hydrogen-bond acceptors (Lipinski definition) is 7. The average Bonchev–Trinajstić information content (AvgIpc) is 3.51. The molecule has 1 fully saturated rings. The standard InChI is InChI=1S/C29H34BrN5O4S/c1-16(18-9-11-19(12-10-18)24-17(2)31-15-40-24)32-27(38)22-13-20(36)14-35(22)28(39)25(29(3,4)5)34-26(37)21-7-6-8-23(30)33-21/h6-12,15-16,20,22,25,36H,13-14H2,1-5H3,(H,32,38)(H,34,37)/t16-,20+,22-,25+/m0/s1. The van der Waals surface area contributed by atoms with E-state index in [-0.39, 0.29) is 30.6 Å². The number of halogens is 1. The molecule has 212 valence electrons. The number of nitrogens with one attached hydrogen (secondary N) is 2. The Bertz CT molecular complexity index is 1390. The Balaban J connectivity index is 1.48. The van der Waals surface area contributed by atoms with Crippen LogP contribution in [0.15, 0.2) is 52.6 Å². The van der Waals surface area contributed by atoms with Crippen molar-refractivity contribution in [1.82, 2.24) is 25.5 Å². The molecule has 3 heterocycles. The van der Waals surface area contributed by atoms with Crippen molar-refractivity contribution in [2.45, 2.75) is 65.3 Å². The van der Waals surface area contributed by atoms with Gasteiger partial charge in [0.2, 0.25) is 11.8 Å². The first-order valence-corrected chi connectivity index (χ1v) is 14.7. The molecule has 0 bridgehead atoms. The van der Waals surface area contributed by atoms with Crippen LogP contribution in [0.25, 0.3) is 10.4 Å². The number of benzene rings is 1. The van der Waals surface area contributed by atoms with Gasteiger partial charge in [0.15, 0.2) is 0 Å². The number of rotatable bonds is 7. The lowest BCUT2D eigenvalue weighted by Gasteiger charge is -2.35. The molecule has 1 aromatic carbocycles. The van der Waals surface area contributed by atoms with E-state index in [1.165, 1.54) is 4.90 Å². The number of β-amino-alcohol motifs (C(OH)–C–C–N with tert-alkyl or cyclic N) is 1. The molecule has 2 aromatic heterocycles. The number of hydrogen-bond donors (Lipinski definition) is 3. The molecule has 3 amide bonds. The molecule has 0 saturated carbocycles. The lowest BCUT2D eigenvalue weighted by Crippen LogP contribution is -2.58. The highest BCUT2D eigenvalue weighted by Gasteiger charge is 2.44. The first kappa shape index (κ1) is 29.8. The van der Waals surface area contributed by atoms with Gasteiger partial charge in [-0.15, -0.1) is 11.3 Å². The number of aromatic nitrogens is 2. The molecule has 4 rings (SSSR count). The van der Waals surface area contributed by atoms with Crippen LogP contribution in [0.4, 0.5) is 0 Å². The summed E-state index contributed by atoms with van der Waals surface area (Å²) < 4.78 is 0.501. The lowest BCUT2D eigenvalue weighted by atomic mass is 9.85. The summed E-state index contributed by atoms with van der Waals surface area (Å²) in [6, 6.07) is 10.8. The van der Waals surface area contributed by atoms with Crippen molar-refractivity contribution in [3.05, 3.63) is 69.5 Å². The minimum absolute atomic E-state index is 0.00574. The number of aryl methyl sites for hydroxylation is 1. The van der Waals surface area contributed by atoms with E-state index in [9.17, 15) is 19.5 Å². The third-order valence-corrected chi connectivity index (χ3v) is 8.40. The van der Waals surface area contributed by atoms with Crippen molar-refractivity contribution in [2.24, 2.45) is 5.41 Å². The molecular weight excluding hydrogens is 594 g/mol. The van der Waals surface area contributed by atoms with Crippen LogP contribution in [-0.4, -0.2) is 62.4 Å². The molecule has 0 unspecified atom stereocenters. The Morgan fingerprint density at radius 2 is 1.82 bits per heavy atom. The van der Waals surface area contributed by atoms with Gasteiger partial charge in [0, 0.05) is 13.0 Å². The molecule has 1 aliphatic heterocycles. The second-order valence-electron chi connectivity index (χ2n) is 11.1. The van der Waals surface area contributed by atoms with Crippen LogP contribution >= 0.6 is 27.3 Å². The maximum absolute atomic E-state index is 13.8. The third-order valence-electron chi connectivity index (χ3n) is 6.98. The van der Waals surface area contributed by atoms with Gasteiger partial charge < -0.3 is 20.6 Å². The number of pyridine rings is 1. The summed E-state index contributed by atoms with van der Waals surface area (Å²) >= 11 is 4.84. The van der Waals surface area contributed by atoms with E-state index in [1.54, 1.807) is 29.5 Å². The van der Waals surface area contributed by atoms with Crippen LogP contribution in [0.5, 0.6) is 0 Å². The fourth-order valence-corrected chi connectivity index (χ4v) is 5.91. The second kappa shape index (κ2) is 12.2. The van der Waals surface area contributed by atoms with Gasteiger partial charge in [-0.05, 0) is 58.5 Å². The predicted molar refractivity (Wildman–Crippen MR) is 158 cm³/mol. The molecular formula is C29H34BrN5O4S. The molecule has 11 heteroatoms. The monoisotopic (exact) mass is 627 g/mol. The van der Waals surface area contributed by atoms with E-state index in [0.29, 0.717) is 4.60 Å². The van der Waals surface area contributed by atoms with Crippen LogP contribution in [0.1, 0.15) is 61.9 Å². The van der Waals surface area contributed by atoms with E-state index >= 15 is 0 Å². The highest BCUT2D eigenvalue weighted by molar-refractivity contribution is 9.10. The molecule has 3 N–H and O–H groups in total. The van der Waals surface area contributed by atoms with E-state index in [2.05, 4.69) is 36.5 Å². The van der Waals surface area contributed by atoms with Crippen LogP contribution in [0.2, 0.25) is 0 Å². The highest BCUT2D eigenvalue weighted by Crippen LogP contribution is 2.29. The summed E-state index contributed by atoms with van der Waals surface area (Å²) in [5.74, 6) is -1.28. The first-order valence-electron chi connectivity index (χ1n) is 13.1. The molecule has 3 aromatic rings. The summed E-state index contributed by atoms with van der Waals surface area (Å²) in [5.41, 5.74) is 4.26. The zero-order valence-corrected chi connectivity index (χ0v) is 25.5. The Labute approximate surface area is 246 Å². The fourth-order valence-electron chi connectivity index (χ4n) is 4.76. The number of thiazole rings is 1. The number of nitrogens with zero attached hydrogens (tertiary/aromatic N) is 3. The first-order chi connectivity index (χ1) is 18.8. The van der Waals surface area contributed by atoms with Crippen LogP contribution in [0.3, 0.4) is 0 Å². The van der Waals surface area contributed by atoms with Crippen molar-refractivity contribution < 1.29 is 19.5 Å². The maximum Gasteiger partial charge on any atom is 0.270 e. The van der Waals surface area contributed by atoms with Crippen molar-refractivity contribution >= 4 is 45.0 Å². The summed E-state index contributed by atoms with van der Waals surface area (Å²) in [6.45, 7) is 9.37. The predicted octanol–water partition coefficient (Wildman–Crippen LogP) is 4.26. The van der Waals surface area contributed by atoms with Gasteiger partial charge in [-0.2, -0.15) is 0 Å². The number of carbonyl (C=O) groups is 3. The van der Waals surface area contributed by atoms with Gasteiger partial charge in [-0.25, -0.2) is 9.97 Å². The number of amides is 3.